The van der Waals surface area contributed by atoms with Gasteiger partial charge in [-0.2, -0.15) is 0 Å². The van der Waals surface area contributed by atoms with Gasteiger partial charge in [0.15, 0.2) is 10.7 Å². The van der Waals surface area contributed by atoms with Gasteiger partial charge in [-0.3, -0.25) is 4.79 Å². The van der Waals surface area contributed by atoms with E-state index in [1.165, 1.54) is 0 Å². The lowest BCUT2D eigenvalue weighted by molar-refractivity contribution is -0.120. The van der Waals surface area contributed by atoms with Crippen molar-refractivity contribution in [2.75, 3.05) is 5.32 Å². The molecule has 7 heteroatoms. The highest BCUT2D eigenvalue weighted by Gasteiger charge is 2.14. The fourth-order valence-electron chi connectivity index (χ4n) is 2.62. The maximum atomic E-state index is 11.8. The van der Waals surface area contributed by atoms with Gasteiger partial charge >= 0.3 is 0 Å². The highest BCUT2D eigenvalue weighted by Crippen LogP contribution is 2.32. The van der Waals surface area contributed by atoms with Crippen LogP contribution in [-0.4, -0.2) is 16.0 Å². The Labute approximate surface area is 168 Å². The number of oxazole rings is 1. The Bertz CT molecular complexity index is 1010. The zero-order valence-corrected chi connectivity index (χ0v) is 16.9. The third-order valence-corrected chi connectivity index (χ3v) is 4.38. The van der Waals surface area contributed by atoms with E-state index in [0.717, 1.165) is 11.1 Å². The SMILES string of the molecule is Cc1ccc2nc(-c3cc(NC(=S)NC(=O)CC(C)C)ccc3Cl)oc2c1. The lowest BCUT2D eigenvalue weighted by Gasteiger charge is -2.11. The third-order valence-electron chi connectivity index (χ3n) is 3.85. The number of aryl methyl sites for hydroxylation is 1. The van der Waals surface area contributed by atoms with Crippen molar-refractivity contribution in [1.29, 1.82) is 0 Å². The van der Waals surface area contributed by atoms with Gasteiger partial charge in [0, 0.05) is 12.1 Å². The minimum absolute atomic E-state index is 0.119. The van der Waals surface area contributed by atoms with Gasteiger partial charge in [-0.1, -0.05) is 31.5 Å². The minimum atomic E-state index is -0.119. The smallest absolute Gasteiger partial charge is 0.228 e. The summed E-state index contributed by atoms with van der Waals surface area (Å²) >= 11 is 11.5. The van der Waals surface area contributed by atoms with E-state index >= 15 is 0 Å². The maximum Gasteiger partial charge on any atom is 0.228 e. The zero-order valence-electron chi connectivity index (χ0n) is 15.3. The number of hydrogen-bond acceptors (Lipinski definition) is 4. The quantitative estimate of drug-likeness (QED) is 0.579. The Balaban J connectivity index is 1.81. The number of carbonyl (C=O) groups excluding carboxylic acids is 1. The summed E-state index contributed by atoms with van der Waals surface area (Å²) in [7, 11) is 0. The van der Waals surface area contributed by atoms with Crippen molar-refractivity contribution < 1.29 is 9.21 Å². The van der Waals surface area contributed by atoms with Crippen molar-refractivity contribution >= 4 is 51.6 Å². The van der Waals surface area contributed by atoms with Crippen molar-refractivity contribution in [2.45, 2.75) is 27.2 Å². The van der Waals surface area contributed by atoms with E-state index in [4.69, 9.17) is 28.2 Å². The Morgan fingerprint density at radius 2 is 2.04 bits per heavy atom. The number of nitrogens with one attached hydrogen (secondary N) is 2. The number of hydrogen-bond donors (Lipinski definition) is 2. The van der Waals surface area contributed by atoms with Crippen LogP contribution in [0.2, 0.25) is 5.02 Å². The van der Waals surface area contributed by atoms with Gasteiger partial charge < -0.3 is 15.1 Å². The largest absolute Gasteiger partial charge is 0.436 e. The molecule has 1 heterocycles. The molecule has 0 saturated carbocycles. The van der Waals surface area contributed by atoms with E-state index in [1.807, 2.05) is 39.0 Å². The molecule has 0 radical (unpaired) electrons. The third kappa shape index (κ3) is 4.84. The van der Waals surface area contributed by atoms with Crippen LogP contribution in [0.4, 0.5) is 5.69 Å². The van der Waals surface area contributed by atoms with E-state index in [1.54, 1.807) is 18.2 Å². The van der Waals surface area contributed by atoms with Gasteiger partial charge in [0.2, 0.25) is 11.8 Å². The van der Waals surface area contributed by atoms with Gasteiger partial charge in [0.1, 0.15) is 5.52 Å². The number of benzene rings is 2. The van der Waals surface area contributed by atoms with Crippen molar-refractivity contribution in [1.82, 2.24) is 10.3 Å². The number of anilines is 1. The average molecular weight is 402 g/mol. The highest BCUT2D eigenvalue weighted by atomic mass is 35.5. The van der Waals surface area contributed by atoms with E-state index in [-0.39, 0.29) is 16.9 Å². The van der Waals surface area contributed by atoms with Crippen molar-refractivity contribution in [3.05, 3.63) is 47.0 Å². The number of carbonyl (C=O) groups is 1. The molecule has 0 aliphatic carbocycles. The Kier molecular flexibility index (Phi) is 5.77. The summed E-state index contributed by atoms with van der Waals surface area (Å²) in [6, 6.07) is 11.1. The van der Waals surface area contributed by atoms with E-state index in [2.05, 4.69) is 15.6 Å². The topological polar surface area (TPSA) is 67.2 Å². The normalized spacial score (nSPS) is 11.0. The summed E-state index contributed by atoms with van der Waals surface area (Å²) in [5.41, 5.74) is 3.89. The predicted octanol–water partition coefficient (Wildman–Crippen LogP) is 5.32. The minimum Gasteiger partial charge on any atom is -0.436 e. The van der Waals surface area contributed by atoms with Crippen LogP contribution in [0.5, 0.6) is 0 Å². The summed E-state index contributed by atoms with van der Waals surface area (Å²) in [5.74, 6) is 0.572. The highest BCUT2D eigenvalue weighted by molar-refractivity contribution is 7.80. The molecule has 3 aromatic rings. The van der Waals surface area contributed by atoms with Crippen LogP contribution in [-0.2, 0) is 4.79 Å². The number of rotatable bonds is 4. The molecule has 0 unspecified atom stereocenters. The molecule has 1 amide bonds. The van der Waals surface area contributed by atoms with Crippen LogP contribution < -0.4 is 10.6 Å². The molecule has 140 valence electrons. The molecule has 0 aliphatic rings. The van der Waals surface area contributed by atoms with Gasteiger partial charge in [0.25, 0.3) is 0 Å². The van der Waals surface area contributed by atoms with Gasteiger partial charge in [0.05, 0.1) is 10.6 Å². The molecule has 2 N–H and O–H groups in total. The first-order chi connectivity index (χ1) is 12.8. The first-order valence-electron chi connectivity index (χ1n) is 8.60. The summed E-state index contributed by atoms with van der Waals surface area (Å²) in [5, 5.41) is 6.42. The standard InChI is InChI=1S/C20H20ClN3O2S/c1-11(2)8-18(25)24-20(27)22-13-5-6-15(21)14(10-13)19-23-16-7-4-12(3)9-17(16)26-19/h4-7,9-11H,8H2,1-3H3,(H2,22,24,25,27). The first-order valence-corrected chi connectivity index (χ1v) is 9.38. The Hall–Kier alpha value is -2.44. The first kappa shape index (κ1) is 19.3. The molecule has 27 heavy (non-hydrogen) atoms. The Morgan fingerprint density at radius 1 is 1.26 bits per heavy atom. The molecule has 2 aromatic carbocycles. The number of aromatic nitrogens is 1. The molecule has 3 rings (SSSR count). The fraction of sp³-hybridized carbons (Fsp3) is 0.250. The lowest BCUT2D eigenvalue weighted by atomic mass is 10.1. The van der Waals surface area contributed by atoms with E-state index < -0.39 is 0 Å². The number of amides is 1. The molecule has 0 fully saturated rings. The second-order valence-corrected chi connectivity index (χ2v) is 7.60. The number of thiocarbonyl (C=S) groups is 1. The summed E-state index contributed by atoms with van der Waals surface area (Å²) < 4.78 is 5.86. The zero-order chi connectivity index (χ0) is 19.6. The summed E-state index contributed by atoms with van der Waals surface area (Å²) in [4.78, 5) is 16.3. The molecule has 5 nitrogen and oxygen atoms in total. The number of halogens is 1. The molecule has 0 spiro atoms. The van der Waals surface area contributed by atoms with Gasteiger partial charge in [-0.25, -0.2) is 4.98 Å². The molecule has 0 atom stereocenters. The number of fused-ring (bicyclic) bond motifs is 1. The van der Waals surface area contributed by atoms with Crippen LogP contribution in [0.15, 0.2) is 40.8 Å². The number of nitrogens with zero attached hydrogens (tertiary/aromatic N) is 1. The van der Waals surface area contributed by atoms with Crippen molar-refractivity contribution in [3.8, 4) is 11.5 Å². The van der Waals surface area contributed by atoms with E-state index in [0.29, 0.717) is 34.2 Å². The predicted molar refractivity (Wildman–Crippen MR) is 113 cm³/mol. The molecule has 0 aliphatic heterocycles. The fourth-order valence-corrected chi connectivity index (χ4v) is 3.05. The van der Waals surface area contributed by atoms with Crippen LogP contribution in [0.1, 0.15) is 25.8 Å². The average Bonchev–Trinajstić information content (AvgIpc) is 2.98. The Morgan fingerprint density at radius 3 is 2.78 bits per heavy atom. The van der Waals surface area contributed by atoms with E-state index in [9.17, 15) is 4.79 Å². The maximum absolute atomic E-state index is 11.8. The van der Waals surface area contributed by atoms with Crippen molar-refractivity contribution in [2.24, 2.45) is 5.92 Å². The second kappa shape index (κ2) is 8.06. The summed E-state index contributed by atoms with van der Waals surface area (Å²) in [6.07, 6.45) is 0.413. The van der Waals surface area contributed by atoms with Crippen LogP contribution in [0.3, 0.4) is 0 Å². The van der Waals surface area contributed by atoms with Crippen molar-refractivity contribution in [3.63, 3.8) is 0 Å². The lowest BCUT2D eigenvalue weighted by Crippen LogP contribution is -2.34. The molecular formula is C20H20ClN3O2S. The molecular weight excluding hydrogens is 382 g/mol. The monoisotopic (exact) mass is 401 g/mol. The molecule has 0 bridgehead atoms. The summed E-state index contributed by atoms with van der Waals surface area (Å²) in [6.45, 7) is 5.94. The van der Waals surface area contributed by atoms with Crippen LogP contribution >= 0.6 is 23.8 Å². The van der Waals surface area contributed by atoms with Crippen LogP contribution in [0.25, 0.3) is 22.6 Å². The molecule has 1 aromatic heterocycles. The second-order valence-electron chi connectivity index (χ2n) is 6.79. The molecule has 0 saturated heterocycles. The van der Waals surface area contributed by atoms with Gasteiger partial charge in [-0.05, 0) is 61.0 Å². The van der Waals surface area contributed by atoms with Crippen LogP contribution in [0, 0.1) is 12.8 Å². The van der Waals surface area contributed by atoms with Gasteiger partial charge in [-0.15, -0.1) is 0 Å².